The minimum Gasteiger partial charge on any atom is -0.494 e. The molecule has 1 aliphatic heterocycles. The van der Waals surface area contributed by atoms with Gasteiger partial charge in [-0.3, -0.25) is 0 Å². The first kappa shape index (κ1) is 30.9. The Hall–Kier alpha value is -4.51. The van der Waals surface area contributed by atoms with Gasteiger partial charge in [-0.25, -0.2) is 14.8 Å². The quantitative estimate of drug-likeness (QED) is 0.221. The number of benzene rings is 2. The molecule has 3 N–H and O–H groups in total. The summed E-state index contributed by atoms with van der Waals surface area (Å²) in [6, 6.07) is 14.0. The van der Waals surface area contributed by atoms with Gasteiger partial charge in [-0.1, -0.05) is 18.2 Å². The number of carbonyl (C=O) groups excluding carboxylic acids is 1. The summed E-state index contributed by atoms with van der Waals surface area (Å²) in [4.78, 5) is 25.9. The highest BCUT2D eigenvalue weighted by Crippen LogP contribution is 2.38. The number of amides is 1. The normalized spacial score (nSPS) is 13.1. The molecule has 0 bridgehead atoms. The van der Waals surface area contributed by atoms with Gasteiger partial charge >= 0.3 is 6.09 Å². The molecular formula is C33H43N7O4. The number of anilines is 4. The molecule has 1 aliphatic rings. The van der Waals surface area contributed by atoms with E-state index in [1.54, 1.807) is 18.2 Å². The van der Waals surface area contributed by atoms with Crippen LogP contribution in [0.25, 0.3) is 22.2 Å². The number of fused-ring (bicyclic) bond motifs is 3. The van der Waals surface area contributed by atoms with E-state index < -0.39 is 5.60 Å². The molecule has 11 heteroatoms. The van der Waals surface area contributed by atoms with E-state index in [4.69, 9.17) is 24.9 Å². The Morgan fingerprint density at radius 1 is 1.18 bits per heavy atom. The summed E-state index contributed by atoms with van der Waals surface area (Å²) in [7, 11) is 3.55. The molecule has 0 atom stereocenters. The maximum Gasteiger partial charge on any atom is 0.410 e. The van der Waals surface area contributed by atoms with E-state index >= 15 is 0 Å². The van der Waals surface area contributed by atoms with Crippen LogP contribution in [0.5, 0.6) is 5.75 Å². The molecule has 2 aromatic heterocycles. The Bertz CT molecular complexity index is 1640. The summed E-state index contributed by atoms with van der Waals surface area (Å²) in [5, 5.41) is 4.44. The van der Waals surface area contributed by atoms with Gasteiger partial charge in [-0.2, -0.15) is 0 Å². The fourth-order valence-corrected chi connectivity index (χ4v) is 5.49. The van der Waals surface area contributed by atoms with Crippen LogP contribution in [0.4, 0.5) is 27.8 Å². The van der Waals surface area contributed by atoms with Crippen LogP contribution in [0.15, 0.2) is 48.7 Å². The Kier molecular flexibility index (Phi) is 8.87. The molecular weight excluding hydrogens is 558 g/mol. The molecule has 0 radical (unpaired) electrons. The molecule has 2 aromatic carbocycles. The maximum atomic E-state index is 12.8. The summed E-state index contributed by atoms with van der Waals surface area (Å²) >= 11 is 0. The zero-order valence-electron chi connectivity index (χ0n) is 26.7. The molecule has 0 saturated heterocycles. The molecule has 0 aliphatic carbocycles. The lowest BCUT2D eigenvalue weighted by molar-refractivity contribution is 0.0198. The van der Waals surface area contributed by atoms with Crippen molar-refractivity contribution in [3.8, 4) is 17.0 Å². The molecule has 11 nitrogen and oxygen atoms in total. The number of para-hydroxylation sites is 1. The van der Waals surface area contributed by atoms with Gasteiger partial charge in [-0.15, -0.1) is 0 Å². The number of hydrogen-bond acceptors (Lipinski definition) is 9. The number of ether oxygens (including phenoxy) is 3. The van der Waals surface area contributed by atoms with Crippen molar-refractivity contribution in [3.63, 3.8) is 0 Å². The third kappa shape index (κ3) is 6.52. The Morgan fingerprint density at radius 3 is 2.68 bits per heavy atom. The van der Waals surface area contributed by atoms with E-state index in [1.165, 1.54) is 5.52 Å². The van der Waals surface area contributed by atoms with E-state index in [0.29, 0.717) is 49.4 Å². The van der Waals surface area contributed by atoms with Gasteiger partial charge in [0.25, 0.3) is 0 Å². The lowest BCUT2D eigenvalue weighted by Gasteiger charge is -2.32. The predicted molar refractivity (Wildman–Crippen MR) is 175 cm³/mol. The highest BCUT2D eigenvalue weighted by Gasteiger charge is 2.25. The number of aromatic nitrogens is 3. The van der Waals surface area contributed by atoms with Crippen molar-refractivity contribution >= 4 is 40.0 Å². The van der Waals surface area contributed by atoms with Crippen LogP contribution in [-0.4, -0.2) is 71.0 Å². The second-order valence-corrected chi connectivity index (χ2v) is 12.2. The van der Waals surface area contributed by atoms with Crippen LogP contribution < -0.4 is 20.7 Å². The second-order valence-electron chi connectivity index (χ2n) is 12.2. The molecule has 234 valence electrons. The van der Waals surface area contributed by atoms with Crippen molar-refractivity contribution < 1.29 is 19.0 Å². The topological polar surface area (TPSA) is 120 Å². The second kappa shape index (κ2) is 12.6. The average molecular weight is 602 g/mol. The zero-order chi connectivity index (χ0) is 31.6. The van der Waals surface area contributed by atoms with Crippen LogP contribution in [0.1, 0.15) is 40.3 Å². The molecule has 4 aromatic rings. The van der Waals surface area contributed by atoms with E-state index in [0.717, 1.165) is 34.6 Å². The lowest BCUT2D eigenvalue weighted by atomic mass is 10.1. The molecule has 0 fully saturated rings. The minimum absolute atomic E-state index is 0.0181. The standard InChI is InChI=1S/C33H43N7O4/c1-21(2)39(32(41)44-33(3,4)5)15-14-38(6)27-19-29(42-7)25(18-23(27)34)37-31-35-13-12-24(36-31)30-22-10-8-9-11-26(22)40-16-17-43-20-28(30)40/h8-13,18-19,21H,14-17,20,34H2,1-7H3,(H,35,36,37). The summed E-state index contributed by atoms with van der Waals surface area (Å²) in [5.74, 6) is 1.01. The van der Waals surface area contributed by atoms with Crippen molar-refractivity contribution in [1.82, 2.24) is 19.4 Å². The number of nitrogens with zero attached hydrogens (tertiary/aromatic N) is 5. The number of hydrogen-bond donors (Lipinski definition) is 2. The summed E-state index contributed by atoms with van der Waals surface area (Å²) in [6.45, 7) is 12.6. The Labute approximate surface area is 258 Å². The van der Waals surface area contributed by atoms with Crippen LogP contribution in [0.3, 0.4) is 0 Å². The average Bonchev–Trinajstić information content (AvgIpc) is 3.31. The van der Waals surface area contributed by atoms with Crippen molar-refractivity contribution in [2.45, 2.75) is 59.4 Å². The van der Waals surface area contributed by atoms with Gasteiger partial charge in [0.1, 0.15) is 11.4 Å². The monoisotopic (exact) mass is 601 g/mol. The van der Waals surface area contributed by atoms with Gasteiger partial charge in [-0.05, 0) is 52.8 Å². The number of likely N-dealkylation sites (N-methyl/N-ethyl adjacent to an activating group) is 1. The number of carbonyl (C=O) groups is 1. The van der Waals surface area contributed by atoms with Crippen molar-refractivity contribution in [2.24, 2.45) is 0 Å². The molecule has 0 saturated carbocycles. The Balaban J connectivity index is 1.37. The van der Waals surface area contributed by atoms with Crippen LogP contribution >= 0.6 is 0 Å². The highest BCUT2D eigenvalue weighted by atomic mass is 16.6. The molecule has 0 spiro atoms. The lowest BCUT2D eigenvalue weighted by Crippen LogP contribution is -2.44. The number of methoxy groups -OCH3 is 1. The van der Waals surface area contributed by atoms with Gasteiger partial charge < -0.3 is 39.6 Å². The van der Waals surface area contributed by atoms with E-state index in [2.05, 4.69) is 33.1 Å². The van der Waals surface area contributed by atoms with Crippen molar-refractivity contribution in [3.05, 3.63) is 54.4 Å². The van der Waals surface area contributed by atoms with Crippen LogP contribution in [0.2, 0.25) is 0 Å². The first-order valence-corrected chi connectivity index (χ1v) is 14.9. The molecule has 3 heterocycles. The largest absolute Gasteiger partial charge is 0.494 e. The van der Waals surface area contributed by atoms with Gasteiger partial charge in [0.2, 0.25) is 5.95 Å². The first-order chi connectivity index (χ1) is 21.0. The van der Waals surface area contributed by atoms with Gasteiger partial charge in [0.15, 0.2) is 0 Å². The smallest absolute Gasteiger partial charge is 0.410 e. The molecule has 1 amide bonds. The fraction of sp³-hybridized carbons (Fsp3) is 0.424. The zero-order valence-corrected chi connectivity index (χ0v) is 26.7. The van der Waals surface area contributed by atoms with E-state index in [1.807, 2.05) is 70.8 Å². The van der Waals surface area contributed by atoms with Crippen LogP contribution in [-0.2, 0) is 22.6 Å². The minimum atomic E-state index is -0.566. The van der Waals surface area contributed by atoms with Crippen molar-refractivity contribution in [2.75, 3.05) is 49.8 Å². The first-order valence-electron chi connectivity index (χ1n) is 14.9. The molecule has 5 rings (SSSR count). The van der Waals surface area contributed by atoms with Gasteiger partial charge in [0, 0.05) is 61.5 Å². The van der Waals surface area contributed by atoms with E-state index in [-0.39, 0.29) is 12.1 Å². The van der Waals surface area contributed by atoms with E-state index in [9.17, 15) is 4.79 Å². The molecule has 0 unspecified atom stereocenters. The molecule has 44 heavy (non-hydrogen) atoms. The number of nitrogens with one attached hydrogen (secondary N) is 1. The summed E-state index contributed by atoms with van der Waals surface area (Å²) < 4.78 is 19.5. The fourth-order valence-electron chi connectivity index (χ4n) is 5.49. The third-order valence-electron chi connectivity index (χ3n) is 7.62. The van der Waals surface area contributed by atoms with Crippen LogP contribution in [0, 0.1) is 0 Å². The van der Waals surface area contributed by atoms with Gasteiger partial charge in [0.05, 0.1) is 48.8 Å². The summed E-state index contributed by atoms with van der Waals surface area (Å²) in [6.07, 6.45) is 1.41. The Morgan fingerprint density at radius 2 is 1.95 bits per heavy atom. The van der Waals surface area contributed by atoms with Crippen molar-refractivity contribution in [1.29, 1.82) is 0 Å². The number of rotatable bonds is 9. The SMILES string of the molecule is COc1cc(N(C)CCN(C(=O)OC(C)(C)C)C(C)C)c(N)cc1Nc1nccc(-c2c3n(c4ccccc24)CCOC3)n1. The summed E-state index contributed by atoms with van der Waals surface area (Å²) in [5.41, 5.74) is 12.1. The predicted octanol–water partition coefficient (Wildman–Crippen LogP) is 6.04. The number of nitrogen functional groups attached to an aromatic ring is 1. The highest BCUT2D eigenvalue weighted by molar-refractivity contribution is 5.97. The maximum absolute atomic E-state index is 12.8. The number of nitrogens with two attached hydrogens (primary N) is 1. The third-order valence-corrected chi connectivity index (χ3v) is 7.62.